The van der Waals surface area contributed by atoms with Crippen molar-refractivity contribution in [1.82, 2.24) is 19.9 Å². The number of benzene rings is 1. The molecule has 0 unspecified atom stereocenters. The Morgan fingerprint density at radius 3 is 3.20 bits per heavy atom. The molecule has 3 aromatic rings. The number of nitrogens with zero attached hydrogens (tertiary/aromatic N) is 2. The van der Waals surface area contributed by atoms with Crippen molar-refractivity contribution in [3.05, 3.63) is 53.7 Å². The number of carbonyl (C=O) groups is 1. The van der Waals surface area contributed by atoms with Gasteiger partial charge in [-0.15, -0.1) is 0 Å². The fourth-order valence-electron chi connectivity index (χ4n) is 3.72. The van der Waals surface area contributed by atoms with E-state index in [0.717, 1.165) is 36.9 Å². The van der Waals surface area contributed by atoms with Crippen LogP contribution >= 0.6 is 0 Å². The lowest BCUT2D eigenvalue weighted by molar-refractivity contribution is 0.0953. The summed E-state index contributed by atoms with van der Waals surface area (Å²) in [5, 5.41) is 4.24. The Labute approximate surface area is 147 Å². The summed E-state index contributed by atoms with van der Waals surface area (Å²) in [6, 6.07) is 6.01. The number of imidazole rings is 1. The Hall–Kier alpha value is -2.56. The van der Waals surface area contributed by atoms with Crippen LogP contribution in [-0.4, -0.2) is 27.0 Å². The summed E-state index contributed by atoms with van der Waals surface area (Å²) in [6.07, 6.45) is 9.85. The second-order valence-corrected chi connectivity index (χ2v) is 7.10. The molecule has 1 aromatic carbocycles. The van der Waals surface area contributed by atoms with Crippen molar-refractivity contribution >= 4 is 16.8 Å². The lowest BCUT2D eigenvalue weighted by Gasteiger charge is -2.18. The smallest absolute Gasteiger partial charge is 0.251 e. The van der Waals surface area contributed by atoms with Crippen LogP contribution in [0, 0.1) is 5.92 Å². The maximum Gasteiger partial charge on any atom is 0.251 e. The van der Waals surface area contributed by atoms with Crippen LogP contribution in [0.5, 0.6) is 0 Å². The van der Waals surface area contributed by atoms with Gasteiger partial charge in [0.1, 0.15) is 0 Å². The number of aryl methyl sites for hydroxylation is 2. The van der Waals surface area contributed by atoms with E-state index in [2.05, 4.69) is 22.2 Å². The quantitative estimate of drug-likeness (QED) is 0.702. The number of H-pyrrole nitrogens is 1. The molecule has 2 N–H and O–H groups in total. The maximum atomic E-state index is 12.5. The molecule has 5 nitrogen and oxygen atoms in total. The minimum absolute atomic E-state index is 0.00587. The zero-order chi connectivity index (χ0) is 17.2. The van der Waals surface area contributed by atoms with Crippen LogP contribution in [0.2, 0.25) is 0 Å². The largest absolute Gasteiger partial charge is 0.358 e. The molecule has 1 amide bonds. The van der Waals surface area contributed by atoms with E-state index < -0.39 is 0 Å². The minimum atomic E-state index is 0.00587. The van der Waals surface area contributed by atoms with E-state index in [-0.39, 0.29) is 5.91 Å². The van der Waals surface area contributed by atoms with Crippen LogP contribution in [-0.2, 0) is 19.4 Å². The molecule has 2 heterocycles. The van der Waals surface area contributed by atoms with E-state index >= 15 is 0 Å². The van der Waals surface area contributed by atoms with Gasteiger partial charge in [-0.05, 0) is 55.4 Å². The van der Waals surface area contributed by atoms with Gasteiger partial charge < -0.3 is 14.9 Å². The third kappa shape index (κ3) is 3.31. The summed E-state index contributed by atoms with van der Waals surface area (Å²) in [7, 11) is 0. The van der Waals surface area contributed by atoms with Gasteiger partial charge in [0.15, 0.2) is 0 Å². The topological polar surface area (TPSA) is 62.7 Å². The molecular formula is C20H24N4O. The Balaban J connectivity index is 1.43. The second-order valence-electron chi connectivity index (χ2n) is 7.10. The molecule has 2 aromatic heterocycles. The fraction of sp³-hybridized carbons (Fsp3) is 0.400. The first-order valence-electron chi connectivity index (χ1n) is 9.08. The summed E-state index contributed by atoms with van der Waals surface area (Å²) < 4.78 is 2.02. The summed E-state index contributed by atoms with van der Waals surface area (Å²) in [6.45, 7) is 3.83. The van der Waals surface area contributed by atoms with Crippen molar-refractivity contribution < 1.29 is 4.79 Å². The number of carbonyl (C=O) groups excluding carboxylic acids is 1. The number of rotatable bonds is 5. The highest BCUT2D eigenvalue weighted by Gasteiger charge is 2.20. The van der Waals surface area contributed by atoms with E-state index in [1.54, 1.807) is 12.5 Å². The normalized spacial score (nSPS) is 16.8. The first-order chi connectivity index (χ1) is 12.2. The molecule has 0 saturated heterocycles. The number of hydrogen-bond donors (Lipinski definition) is 2. The highest BCUT2D eigenvalue weighted by Crippen LogP contribution is 2.32. The van der Waals surface area contributed by atoms with Gasteiger partial charge in [0.05, 0.1) is 6.33 Å². The van der Waals surface area contributed by atoms with Crippen LogP contribution in [0.1, 0.15) is 41.4 Å². The molecule has 0 saturated carbocycles. The van der Waals surface area contributed by atoms with Gasteiger partial charge in [0, 0.05) is 47.6 Å². The molecule has 1 aliphatic carbocycles. The molecule has 130 valence electrons. The molecular weight excluding hydrogens is 312 g/mol. The second kappa shape index (κ2) is 6.75. The average molecular weight is 336 g/mol. The standard InChI is InChI=1S/C20H24N4O/c1-14-3-5-18-16(11-14)17-12-15(4-6-19(17)23-18)20(25)22-7-2-9-24-10-8-21-13-24/h4,6,8,10,12-14,23H,2-3,5,7,9,11H2,1H3,(H,22,25)/t14-/m1/s1. The van der Waals surface area contributed by atoms with Crippen LogP contribution < -0.4 is 5.32 Å². The summed E-state index contributed by atoms with van der Waals surface area (Å²) >= 11 is 0. The highest BCUT2D eigenvalue weighted by molar-refractivity contribution is 5.99. The molecule has 4 rings (SSSR count). The van der Waals surface area contributed by atoms with Gasteiger partial charge in [0.25, 0.3) is 5.91 Å². The monoisotopic (exact) mass is 336 g/mol. The van der Waals surface area contributed by atoms with E-state index in [9.17, 15) is 4.79 Å². The minimum Gasteiger partial charge on any atom is -0.358 e. The molecule has 1 aliphatic rings. The fourth-order valence-corrected chi connectivity index (χ4v) is 3.72. The zero-order valence-corrected chi connectivity index (χ0v) is 14.6. The van der Waals surface area contributed by atoms with E-state index in [1.807, 2.05) is 29.0 Å². The van der Waals surface area contributed by atoms with Crippen molar-refractivity contribution in [3.8, 4) is 0 Å². The van der Waals surface area contributed by atoms with Gasteiger partial charge in [-0.1, -0.05) is 6.92 Å². The molecule has 1 atom stereocenters. The zero-order valence-electron chi connectivity index (χ0n) is 14.6. The number of nitrogens with one attached hydrogen (secondary N) is 2. The highest BCUT2D eigenvalue weighted by atomic mass is 16.1. The molecule has 0 aliphatic heterocycles. The summed E-state index contributed by atoms with van der Waals surface area (Å²) in [5.74, 6) is 0.721. The van der Waals surface area contributed by atoms with Crippen molar-refractivity contribution in [2.24, 2.45) is 5.92 Å². The van der Waals surface area contributed by atoms with Crippen LogP contribution in [0.15, 0.2) is 36.9 Å². The SMILES string of the molecule is C[C@@H]1CCc2[nH]c3ccc(C(=O)NCCCn4ccnc4)cc3c2C1. The number of aromatic nitrogens is 3. The van der Waals surface area contributed by atoms with Gasteiger partial charge in [0.2, 0.25) is 0 Å². The summed E-state index contributed by atoms with van der Waals surface area (Å²) in [5.41, 5.74) is 4.65. The Bertz CT molecular complexity index is 879. The number of hydrogen-bond acceptors (Lipinski definition) is 2. The molecule has 0 radical (unpaired) electrons. The lowest BCUT2D eigenvalue weighted by Crippen LogP contribution is -2.25. The Morgan fingerprint density at radius 1 is 1.44 bits per heavy atom. The van der Waals surface area contributed by atoms with Crippen molar-refractivity contribution in [2.45, 2.75) is 39.2 Å². The Kier molecular flexibility index (Phi) is 4.30. The van der Waals surface area contributed by atoms with Crippen LogP contribution in [0.3, 0.4) is 0 Å². The molecule has 5 heteroatoms. The predicted octanol–water partition coefficient (Wildman–Crippen LogP) is 3.31. The summed E-state index contributed by atoms with van der Waals surface area (Å²) in [4.78, 5) is 20.0. The third-order valence-corrected chi connectivity index (χ3v) is 5.13. The maximum absolute atomic E-state index is 12.5. The van der Waals surface area contributed by atoms with Crippen molar-refractivity contribution in [3.63, 3.8) is 0 Å². The average Bonchev–Trinajstić information content (AvgIpc) is 3.25. The van der Waals surface area contributed by atoms with Crippen LogP contribution in [0.4, 0.5) is 0 Å². The van der Waals surface area contributed by atoms with Gasteiger partial charge in [-0.25, -0.2) is 4.98 Å². The third-order valence-electron chi connectivity index (χ3n) is 5.13. The number of fused-ring (bicyclic) bond motifs is 3. The predicted molar refractivity (Wildman–Crippen MR) is 98.7 cm³/mol. The van der Waals surface area contributed by atoms with E-state index in [1.165, 1.54) is 23.1 Å². The first kappa shape index (κ1) is 15.9. The first-order valence-corrected chi connectivity index (χ1v) is 9.08. The molecule has 25 heavy (non-hydrogen) atoms. The van der Waals surface area contributed by atoms with Crippen molar-refractivity contribution in [1.29, 1.82) is 0 Å². The lowest BCUT2D eigenvalue weighted by atomic mass is 9.87. The van der Waals surface area contributed by atoms with Gasteiger partial charge in [-0.2, -0.15) is 0 Å². The molecule has 0 fully saturated rings. The van der Waals surface area contributed by atoms with Gasteiger partial charge >= 0.3 is 0 Å². The van der Waals surface area contributed by atoms with Crippen LogP contribution in [0.25, 0.3) is 10.9 Å². The van der Waals surface area contributed by atoms with E-state index in [0.29, 0.717) is 12.5 Å². The number of aromatic amines is 1. The molecule has 0 bridgehead atoms. The number of amides is 1. The van der Waals surface area contributed by atoms with Crippen molar-refractivity contribution in [2.75, 3.05) is 6.54 Å². The van der Waals surface area contributed by atoms with E-state index in [4.69, 9.17) is 0 Å². The molecule has 0 spiro atoms. The van der Waals surface area contributed by atoms with Gasteiger partial charge in [-0.3, -0.25) is 4.79 Å². The Morgan fingerprint density at radius 2 is 2.36 bits per heavy atom.